The third kappa shape index (κ3) is 4.98. The van der Waals surface area contributed by atoms with Crippen LogP contribution in [0.4, 0.5) is 0 Å². The molecule has 0 aliphatic rings. The number of hydrogen-bond acceptors (Lipinski definition) is 4. The van der Waals surface area contributed by atoms with E-state index in [2.05, 4.69) is 16.4 Å². The highest BCUT2D eigenvalue weighted by Gasteiger charge is 2.18. The Bertz CT molecular complexity index is 1110. The summed E-state index contributed by atoms with van der Waals surface area (Å²) in [5, 5.41) is 4.33. The molecule has 0 bridgehead atoms. The first-order valence-corrected chi connectivity index (χ1v) is 10.4. The summed E-state index contributed by atoms with van der Waals surface area (Å²) in [6.07, 6.45) is 5.02. The largest absolute Gasteiger partial charge is 0.337 e. The van der Waals surface area contributed by atoms with Crippen LogP contribution >= 0.6 is 0 Å². The molecule has 3 rings (SSSR count). The Kier molecular flexibility index (Phi) is 6.26. The number of rotatable bonds is 8. The minimum atomic E-state index is -3.70. The highest BCUT2D eigenvalue weighted by atomic mass is 32.2. The van der Waals surface area contributed by atoms with Gasteiger partial charge >= 0.3 is 0 Å². The number of amides is 1. The van der Waals surface area contributed by atoms with Crippen LogP contribution in [0.1, 0.15) is 15.9 Å². The van der Waals surface area contributed by atoms with Crippen molar-refractivity contribution in [2.24, 2.45) is 0 Å². The first kappa shape index (κ1) is 20.5. The molecule has 3 aromatic rings. The van der Waals surface area contributed by atoms with E-state index in [9.17, 15) is 13.2 Å². The van der Waals surface area contributed by atoms with Gasteiger partial charge in [-0.15, -0.1) is 6.58 Å². The fourth-order valence-electron chi connectivity index (χ4n) is 2.78. The van der Waals surface area contributed by atoms with E-state index in [1.807, 2.05) is 36.5 Å². The van der Waals surface area contributed by atoms with Gasteiger partial charge in [0.1, 0.15) is 0 Å². The number of aromatic nitrogens is 2. The summed E-state index contributed by atoms with van der Waals surface area (Å²) in [5.41, 5.74) is 2.09. The third-order valence-corrected chi connectivity index (χ3v) is 5.65. The van der Waals surface area contributed by atoms with E-state index in [-0.39, 0.29) is 17.3 Å². The lowest BCUT2D eigenvalue weighted by Gasteiger charge is -2.17. The number of sulfonamides is 1. The Morgan fingerprint density at radius 2 is 1.97 bits per heavy atom. The van der Waals surface area contributed by atoms with Crippen molar-refractivity contribution in [3.63, 3.8) is 0 Å². The van der Waals surface area contributed by atoms with Gasteiger partial charge in [0.15, 0.2) is 0 Å². The second-order valence-corrected chi connectivity index (χ2v) is 8.23. The highest BCUT2D eigenvalue weighted by molar-refractivity contribution is 7.89. The molecule has 0 aliphatic heterocycles. The molecule has 0 aliphatic carbocycles. The molecule has 1 amide bonds. The van der Waals surface area contributed by atoms with Gasteiger partial charge in [-0.05, 0) is 30.3 Å². The molecule has 1 N–H and O–H groups in total. The van der Waals surface area contributed by atoms with Crippen molar-refractivity contribution < 1.29 is 13.2 Å². The van der Waals surface area contributed by atoms with Crippen molar-refractivity contribution >= 4 is 15.9 Å². The Labute approximate surface area is 170 Å². The molecule has 0 atom stereocenters. The van der Waals surface area contributed by atoms with E-state index < -0.39 is 10.0 Å². The number of nitrogens with one attached hydrogen (secondary N) is 1. The summed E-state index contributed by atoms with van der Waals surface area (Å²) in [4.78, 5) is 14.3. The monoisotopic (exact) mass is 410 g/mol. The maximum Gasteiger partial charge on any atom is 0.253 e. The van der Waals surface area contributed by atoms with Gasteiger partial charge in [-0.25, -0.2) is 17.8 Å². The minimum absolute atomic E-state index is 0.0375. The Balaban J connectivity index is 1.73. The molecule has 150 valence electrons. The molecular formula is C21H22N4O3S. The SMILES string of the molecule is C=CCNS(=O)(=O)c1cccc(C(=O)N(C)Cc2cnn(-c3ccccc3)c2)c1. The minimum Gasteiger partial charge on any atom is -0.337 e. The quantitative estimate of drug-likeness (QED) is 0.579. The van der Waals surface area contributed by atoms with Gasteiger partial charge in [0.2, 0.25) is 10.0 Å². The third-order valence-electron chi connectivity index (χ3n) is 4.23. The van der Waals surface area contributed by atoms with Crippen molar-refractivity contribution in [1.82, 2.24) is 19.4 Å². The number of carbonyl (C=O) groups is 1. The second kappa shape index (κ2) is 8.85. The maximum absolute atomic E-state index is 12.8. The van der Waals surface area contributed by atoms with Gasteiger partial charge in [-0.1, -0.05) is 30.3 Å². The van der Waals surface area contributed by atoms with Gasteiger partial charge in [0.05, 0.1) is 16.8 Å². The van der Waals surface area contributed by atoms with Gasteiger partial charge in [-0.2, -0.15) is 5.10 Å². The highest BCUT2D eigenvalue weighted by Crippen LogP contribution is 2.15. The van der Waals surface area contributed by atoms with E-state index in [1.165, 1.54) is 23.1 Å². The Hall–Kier alpha value is -3.23. The lowest BCUT2D eigenvalue weighted by Crippen LogP contribution is -2.27. The number of benzene rings is 2. The molecule has 0 unspecified atom stereocenters. The second-order valence-electron chi connectivity index (χ2n) is 6.46. The summed E-state index contributed by atoms with van der Waals surface area (Å²) in [6, 6.07) is 15.6. The maximum atomic E-state index is 12.8. The number of nitrogens with zero attached hydrogens (tertiary/aromatic N) is 3. The lowest BCUT2D eigenvalue weighted by atomic mass is 10.2. The predicted molar refractivity (Wildman–Crippen MR) is 111 cm³/mol. The Morgan fingerprint density at radius 3 is 2.69 bits per heavy atom. The van der Waals surface area contributed by atoms with Crippen LogP contribution in [-0.2, 0) is 16.6 Å². The van der Waals surface area contributed by atoms with Crippen molar-refractivity contribution in [2.75, 3.05) is 13.6 Å². The summed E-state index contributed by atoms with van der Waals surface area (Å²) < 4.78 is 28.7. The zero-order valence-electron chi connectivity index (χ0n) is 16.0. The van der Waals surface area contributed by atoms with Crippen LogP contribution in [0, 0.1) is 0 Å². The summed E-state index contributed by atoms with van der Waals surface area (Å²) >= 11 is 0. The van der Waals surface area contributed by atoms with E-state index >= 15 is 0 Å². The van der Waals surface area contributed by atoms with Crippen molar-refractivity contribution in [3.8, 4) is 5.69 Å². The van der Waals surface area contributed by atoms with Crippen LogP contribution in [0.2, 0.25) is 0 Å². The number of hydrogen-bond donors (Lipinski definition) is 1. The molecule has 0 saturated carbocycles. The average Bonchev–Trinajstić information content (AvgIpc) is 3.21. The topological polar surface area (TPSA) is 84.3 Å². The molecule has 0 radical (unpaired) electrons. The number of para-hydroxylation sites is 1. The fourth-order valence-corrected chi connectivity index (χ4v) is 3.82. The average molecular weight is 410 g/mol. The smallest absolute Gasteiger partial charge is 0.253 e. The summed E-state index contributed by atoms with van der Waals surface area (Å²) in [5.74, 6) is -0.279. The molecule has 1 heterocycles. The molecule has 0 saturated heterocycles. The zero-order valence-corrected chi connectivity index (χ0v) is 16.8. The molecule has 8 heteroatoms. The van der Waals surface area contributed by atoms with Crippen LogP contribution in [-0.4, -0.2) is 42.6 Å². The predicted octanol–water partition coefficient (Wildman–Crippen LogP) is 2.61. The van der Waals surface area contributed by atoms with Crippen LogP contribution in [0.15, 0.2) is 84.5 Å². The molecule has 0 fully saturated rings. The van der Waals surface area contributed by atoms with E-state index in [4.69, 9.17) is 0 Å². The standard InChI is InChI=1S/C21H22N4O3S/c1-3-12-23-29(27,28)20-11-7-8-18(13-20)21(26)24(2)15-17-14-22-25(16-17)19-9-5-4-6-10-19/h3-11,13-14,16,23H,1,12,15H2,2H3. The fraction of sp³-hybridized carbons (Fsp3) is 0.143. The van der Waals surface area contributed by atoms with Crippen LogP contribution in [0.3, 0.4) is 0 Å². The van der Waals surface area contributed by atoms with E-state index in [0.717, 1.165) is 11.3 Å². The number of carbonyl (C=O) groups excluding carboxylic acids is 1. The van der Waals surface area contributed by atoms with E-state index in [1.54, 1.807) is 30.1 Å². The van der Waals surface area contributed by atoms with Crippen molar-refractivity contribution in [3.05, 3.63) is 90.8 Å². The van der Waals surface area contributed by atoms with Gasteiger partial charge in [0.25, 0.3) is 5.91 Å². The molecular weight excluding hydrogens is 388 g/mol. The molecule has 2 aromatic carbocycles. The first-order valence-electron chi connectivity index (χ1n) is 8.96. The molecule has 1 aromatic heterocycles. The van der Waals surface area contributed by atoms with Crippen molar-refractivity contribution in [1.29, 1.82) is 0 Å². The summed E-state index contributed by atoms with van der Waals surface area (Å²) in [6.45, 7) is 3.95. The normalized spacial score (nSPS) is 11.2. The van der Waals surface area contributed by atoms with Crippen molar-refractivity contribution in [2.45, 2.75) is 11.4 Å². The van der Waals surface area contributed by atoms with Crippen LogP contribution in [0.25, 0.3) is 5.69 Å². The molecule has 0 spiro atoms. The van der Waals surface area contributed by atoms with Gasteiger partial charge in [0, 0.05) is 37.5 Å². The van der Waals surface area contributed by atoms with E-state index in [0.29, 0.717) is 12.1 Å². The van der Waals surface area contributed by atoms with Gasteiger partial charge < -0.3 is 4.90 Å². The van der Waals surface area contributed by atoms with Gasteiger partial charge in [-0.3, -0.25) is 4.79 Å². The lowest BCUT2D eigenvalue weighted by molar-refractivity contribution is 0.0785. The molecule has 29 heavy (non-hydrogen) atoms. The molecule has 7 nitrogen and oxygen atoms in total. The Morgan fingerprint density at radius 1 is 1.21 bits per heavy atom. The summed E-state index contributed by atoms with van der Waals surface area (Å²) in [7, 11) is -2.03. The first-order chi connectivity index (χ1) is 13.9. The van der Waals surface area contributed by atoms with Crippen LogP contribution in [0.5, 0.6) is 0 Å². The zero-order chi connectivity index (χ0) is 20.9. The van der Waals surface area contributed by atoms with Crippen LogP contribution < -0.4 is 4.72 Å².